The summed E-state index contributed by atoms with van der Waals surface area (Å²) in [6.45, 7) is 6.03. The van der Waals surface area contributed by atoms with Crippen molar-refractivity contribution in [2.24, 2.45) is 0 Å². The minimum Gasteiger partial charge on any atom is -0.334 e. The fourth-order valence-corrected chi connectivity index (χ4v) is 2.35. The highest BCUT2D eigenvalue weighted by Gasteiger charge is 2.26. The van der Waals surface area contributed by atoms with Crippen molar-refractivity contribution in [2.75, 3.05) is 7.05 Å². The topological polar surface area (TPSA) is 37.6 Å². The molecule has 0 radical (unpaired) electrons. The van der Waals surface area contributed by atoms with Gasteiger partial charge in [0.2, 0.25) is 5.82 Å². The fraction of sp³-hybridized carbons (Fsp3) is 0.294. The molecule has 4 heteroatoms. The van der Waals surface area contributed by atoms with E-state index in [-0.39, 0.29) is 11.4 Å². The van der Waals surface area contributed by atoms with Crippen molar-refractivity contribution in [1.29, 1.82) is 0 Å². The van der Waals surface area contributed by atoms with E-state index in [0.29, 0.717) is 5.82 Å². The Morgan fingerprint density at radius 1 is 1.19 bits per heavy atom. The van der Waals surface area contributed by atoms with E-state index in [2.05, 4.69) is 11.1 Å². The Labute approximate surface area is 124 Å². The van der Waals surface area contributed by atoms with Crippen molar-refractivity contribution < 1.29 is 4.79 Å². The van der Waals surface area contributed by atoms with Crippen molar-refractivity contribution >= 4 is 22.2 Å². The van der Waals surface area contributed by atoms with Gasteiger partial charge in [0.05, 0.1) is 11.7 Å². The first-order valence-electron chi connectivity index (χ1n) is 7.02. The van der Waals surface area contributed by atoms with E-state index in [0.717, 1.165) is 16.3 Å². The monoisotopic (exact) mass is 281 g/mol. The second-order valence-corrected chi connectivity index (χ2v) is 6.28. The van der Waals surface area contributed by atoms with Gasteiger partial charge in [-0.15, -0.1) is 0 Å². The molecule has 0 saturated heterocycles. The maximum Gasteiger partial charge on any atom is 0.290 e. The number of hydrogen-bond donors (Lipinski definition) is 0. The van der Waals surface area contributed by atoms with E-state index >= 15 is 0 Å². The van der Waals surface area contributed by atoms with Crippen molar-refractivity contribution in [2.45, 2.75) is 26.3 Å². The molecular formula is C17H19N3O. The van der Waals surface area contributed by atoms with Crippen LogP contribution in [0.4, 0.5) is 0 Å². The van der Waals surface area contributed by atoms with Crippen LogP contribution in [-0.4, -0.2) is 32.8 Å². The molecule has 108 valence electrons. The summed E-state index contributed by atoms with van der Waals surface area (Å²) in [5.74, 6) is 0.381. The van der Waals surface area contributed by atoms with Crippen molar-refractivity contribution in [3.05, 3.63) is 48.5 Å². The lowest BCUT2D eigenvalue weighted by Gasteiger charge is -2.31. The molecule has 0 aliphatic carbocycles. The predicted molar refractivity (Wildman–Crippen MR) is 84.5 cm³/mol. The highest BCUT2D eigenvalue weighted by molar-refractivity contribution is 5.99. The van der Waals surface area contributed by atoms with E-state index < -0.39 is 0 Å². The minimum atomic E-state index is -0.236. The Balaban J connectivity index is 2.17. The summed E-state index contributed by atoms with van der Waals surface area (Å²) in [4.78, 5) is 18.7. The van der Waals surface area contributed by atoms with E-state index in [9.17, 15) is 4.79 Å². The summed E-state index contributed by atoms with van der Waals surface area (Å²) < 4.78 is 1.87. The maximum absolute atomic E-state index is 12.6. The van der Waals surface area contributed by atoms with Gasteiger partial charge in [-0.1, -0.05) is 24.3 Å². The van der Waals surface area contributed by atoms with Crippen molar-refractivity contribution in [3.8, 4) is 0 Å². The Hall–Kier alpha value is -2.36. The van der Waals surface area contributed by atoms with E-state index in [1.165, 1.54) is 0 Å². The van der Waals surface area contributed by atoms with Crippen LogP contribution >= 0.6 is 0 Å². The van der Waals surface area contributed by atoms with Crippen molar-refractivity contribution in [3.63, 3.8) is 0 Å². The lowest BCUT2D eigenvalue weighted by molar-refractivity contribution is 0.0642. The molecule has 1 aromatic carbocycles. The van der Waals surface area contributed by atoms with Crippen LogP contribution in [0.15, 0.2) is 42.7 Å². The zero-order valence-corrected chi connectivity index (χ0v) is 12.8. The summed E-state index contributed by atoms with van der Waals surface area (Å²) in [7, 11) is 1.81. The number of fused-ring (bicyclic) bond motifs is 3. The van der Waals surface area contributed by atoms with E-state index in [1.54, 1.807) is 11.1 Å². The number of rotatable bonds is 1. The van der Waals surface area contributed by atoms with Crippen LogP contribution < -0.4 is 0 Å². The minimum absolute atomic E-state index is 0.0715. The smallest absolute Gasteiger partial charge is 0.290 e. The number of nitrogens with zero attached hydrogens (tertiary/aromatic N) is 3. The van der Waals surface area contributed by atoms with Gasteiger partial charge in [0.1, 0.15) is 0 Å². The molecule has 0 N–H and O–H groups in total. The standard InChI is InChI=1S/C17H19N3O/c1-17(2,3)19(4)16(21)15-18-11-14-13-8-6-5-7-12(13)9-10-20(14)15/h5-11H,1-4H3. The summed E-state index contributed by atoms with van der Waals surface area (Å²) in [5, 5.41) is 2.25. The molecule has 0 aliphatic rings. The van der Waals surface area contributed by atoms with Gasteiger partial charge in [0.25, 0.3) is 5.91 Å². The number of imidazole rings is 1. The third kappa shape index (κ3) is 2.17. The summed E-state index contributed by atoms with van der Waals surface area (Å²) in [6, 6.07) is 10.1. The molecule has 3 aromatic rings. The van der Waals surface area contributed by atoms with Crippen LogP contribution in [0.5, 0.6) is 0 Å². The van der Waals surface area contributed by atoms with E-state index in [4.69, 9.17) is 0 Å². The summed E-state index contributed by atoms with van der Waals surface area (Å²) in [5.41, 5.74) is 0.721. The van der Waals surface area contributed by atoms with Gasteiger partial charge in [0.15, 0.2) is 0 Å². The third-order valence-electron chi connectivity index (χ3n) is 3.94. The predicted octanol–water partition coefficient (Wildman–Crippen LogP) is 3.36. The molecule has 1 amide bonds. The number of benzene rings is 1. The van der Waals surface area contributed by atoms with Crippen LogP contribution in [0.1, 0.15) is 31.4 Å². The fourth-order valence-electron chi connectivity index (χ4n) is 2.35. The van der Waals surface area contributed by atoms with Gasteiger partial charge in [-0.05, 0) is 32.2 Å². The lowest BCUT2D eigenvalue weighted by Crippen LogP contribution is -2.43. The summed E-state index contributed by atoms with van der Waals surface area (Å²) in [6.07, 6.45) is 3.68. The molecule has 0 bridgehead atoms. The quantitative estimate of drug-likeness (QED) is 0.686. The highest BCUT2D eigenvalue weighted by atomic mass is 16.2. The molecule has 0 atom stereocenters. The Bertz CT molecular complexity index is 827. The molecule has 0 unspecified atom stereocenters. The summed E-state index contributed by atoms with van der Waals surface area (Å²) >= 11 is 0. The number of carbonyl (C=O) groups is 1. The van der Waals surface area contributed by atoms with Crippen LogP contribution in [0.2, 0.25) is 0 Å². The molecule has 4 nitrogen and oxygen atoms in total. The molecule has 0 spiro atoms. The highest BCUT2D eigenvalue weighted by Crippen LogP contribution is 2.22. The van der Waals surface area contributed by atoms with Gasteiger partial charge in [-0.2, -0.15) is 0 Å². The van der Waals surface area contributed by atoms with Gasteiger partial charge < -0.3 is 4.90 Å². The molecule has 0 saturated carbocycles. The number of hydrogen-bond acceptors (Lipinski definition) is 2. The van der Waals surface area contributed by atoms with Gasteiger partial charge >= 0.3 is 0 Å². The first-order valence-corrected chi connectivity index (χ1v) is 7.02. The molecule has 0 fully saturated rings. The normalized spacial score (nSPS) is 12.0. The number of carbonyl (C=O) groups excluding carboxylic acids is 1. The van der Waals surface area contributed by atoms with Crippen LogP contribution in [0.25, 0.3) is 16.3 Å². The molecular weight excluding hydrogens is 262 g/mol. The SMILES string of the molecule is CN(C(=O)c1ncc2c3ccccc3ccn12)C(C)(C)C. The van der Waals surface area contributed by atoms with Gasteiger partial charge in [-0.3, -0.25) is 9.20 Å². The molecule has 0 aliphatic heterocycles. The number of pyridine rings is 1. The second-order valence-electron chi connectivity index (χ2n) is 6.28. The van der Waals surface area contributed by atoms with Gasteiger partial charge in [-0.25, -0.2) is 4.98 Å². The number of aromatic nitrogens is 2. The Kier molecular flexibility index (Phi) is 2.97. The second kappa shape index (κ2) is 4.58. The Morgan fingerprint density at radius 2 is 1.90 bits per heavy atom. The zero-order chi connectivity index (χ0) is 15.2. The lowest BCUT2D eigenvalue weighted by atomic mass is 10.1. The number of amides is 1. The van der Waals surface area contributed by atoms with Crippen LogP contribution in [-0.2, 0) is 0 Å². The largest absolute Gasteiger partial charge is 0.334 e. The van der Waals surface area contributed by atoms with Gasteiger partial charge in [0, 0.05) is 24.2 Å². The van der Waals surface area contributed by atoms with Crippen molar-refractivity contribution in [1.82, 2.24) is 14.3 Å². The van der Waals surface area contributed by atoms with E-state index in [1.807, 2.05) is 62.7 Å². The molecule has 3 rings (SSSR count). The third-order valence-corrected chi connectivity index (χ3v) is 3.94. The Morgan fingerprint density at radius 3 is 2.62 bits per heavy atom. The molecule has 2 aromatic heterocycles. The first kappa shape index (κ1) is 13.6. The van der Waals surface area contributed by atoms with Crippen LogP contribution in [0.3, 0.4) is 0 Å². The average Bonchev–Trinajstić information content (AvgIpc) is 2.89. The molecule has 2 heterocycles. The molecule has 21 heavy (non-hydrogen) atoms. The maximum atomic E-state index is 12.6. The zero-order valence-electron chi connectivity index (χ0n) is 12.8. The van der Waals surface area contributed by atoms with Crippen LogP contribution in [0, 0.1) is 0 Å². The average molecular weight is 281 g/mol. The first-order chi connectivity index (χ1) is 9.89.